The highest BCUT2D eigenvalue weighted by Gasteiger charge is 2.13. The molecule has 0 unspecified atom stereocenters. The van der Waals surface area contributed by atoms with E-state index in [0.29, 0.717) is 29.2 Å². The third kappa shape index (κ3) is 5.93. The second kappa shape index (κ2) is 10.7. The predicted octanol–water partition coefficient (Wildman–Crippen LogP) is 6.33. The van der Waals surface area contributed by atoms with Gasteiger partial charge < -0.3 is 9.47 Å². The molecule has 0 spiro atoms. The van der Waals surface area contributed by atoms with E-state index in [0.717, 1.165) is 19.0 Å². The Morgan fingerprint density at radius 3 is 2.53 bits per heavy atom. The Morgan fingerprint density at radius 1 is 1.03 bits per heavy atom. The van der Waals surface area contributed by atoms with Crippen LogP contribution in [0.5, 0.6) is 11.5 Å². The molecule has 0 aromatic heterocycles. The zero-order valence-electron chi connectivity index (χ0n) is 15.9. The van der Waals surface area contributed by atoms with Crippen LogP contribution in [-0.2, 0) is 6.61 Å². The van der Waals surface area contributed by atoms with Gasteiger partial charge in [-0.2, -0.15) is 5.10 Å². The Bertz CT molecular complexity index is 1070. The largest absolute Gasteiger partial charge is 0.496 e. The highest BCUT2D eigenvalue weighted by molar-refractivity contribution is 9.11. The monoisotopic (exact) mass is 594 g/mol. The van der Waals surface area contributed by atoms with Gasteiger partial charge in [0.15, 0.2) is 0 Å². The highest BCUT2D eigenvalue weighted by atomic mass is 79.9. The summed E-state index contributed by atoms with van der Waals surface area (Å²) in [6, 6.07) is 18.8. The normalized spacial score (nSPS) is 10.8. The molecule has 1 N–H and O–H groups in total. The lowest BCUT2D eigenvalue weighted by atomic mass is 10.2. The van der Waals surface area contributed by atoms with Gasteiger partial charge in [0.2, 0.25) is 0 Å². The van der Waals surface area contributed by atoms with E-state index in [1.54, 1.807) is 18.2 Å². The maximum absolute atomic E-state index is 12.5. The number of rotatable bonds is 7. The molecule has 30 heavy (non-hydrogen) atoms. The molecule has 5 nitrogen and oxygen atoms in total. The third-order valence-corrected chi connectivity index (χ3v) is 5.58. The molecule has 3 aromatic carbocycles. The molecule has 0 bridgehead atoms. The predicted molar refractivity (Wildman–Crippen MR) is 128 cm³/mol. The molecule has 0 heterocycles. The molecule has 0 atom stereocenters. The van der Waals surface area contributed by atoms with Crippen LogP contribution in [0.1, 0.15) is 21.5 Å². The molecule has 0 fully saturated rings. The molecule has 0 aliphatic carbocycles. The summed E-state index contributed by atoms with van der Waals surface area (Å²) in [7, 11) is 1.51. The molecule has 154 valence electrons. The summed E-state index contributed by atoms with van der Waals surface area (Å²) in [6.07, 6.45) is 1.54. The summed E-state index contributed by atoms with van der Waals surface area (Å²) in [6.45, 7) is 0.406. The fraction of sp³-hybridized carbons (Fsp3) is 0.0909. The van der Waals surface area contributed by atoms with Gasteiger partial charge in [-0.05, 0) is 51.8 Å². The molecular formula is C22H17Br3N2O3. The smallest absolute Gasteiger partial charge is 0.275 e. The van der Waals surface area contributed by atoms with Crippen molar-refractivity contribution in [3.05, 3.63) is 90.8 Å². The number of nitrogens with one attached hydrogen (secondary N) is 1. The first-order chi connectivity index (χ1) is 14.5. The molecule has 3 rings (SSSR count). The summed E-state index contributed by atoms with van der Waals surface area (Å²) in [5.74, 6) is 0.702. The topological polar surface area (TPSA) is 59.9 Å². The number of benzene rings is 3. The number of halogens is 3. The fourth-order valence-electron chi connectivity index (χ4n) is 2.64. The van der Waals surface area contributed by atoms with Gasteiger partial charge in [0.1, 0.15) is 18.1 Å². The van der Waals surface area contributed by atoms with Gasteiger partial charge in [-0.15, -0.1) is 0 Å². The van der Waals surface area contributed by atoms with Crippen molar-refractivity contribution >= 4 is 59.9 Å². The fourth-order valence-corrected chi connectivity index (χ4v) is 4.37. The minimum atomic E-state index is -0.384. The summed E-state index contributed by atoms with van der Waals surface area (Å²) in [5.41, 5.74) is 4.66. The van der Waals surface area contributed by atoms with E-state index < -0.39 is 0 Å². The lowest BCUT2D eigenvalue weighted by molar-refractivity contribution is 0.0952. The van der Waals surface area contributed by atoms with Crippen LogP contribution < -0.4 is 14.9 Å². The van der Waals surface area contributed by atoms with E-state index >= 15 is 0 Å². The average molecular weight is 597 g/mol. The van der Waals surface area contributed by atoms with Crippen molar-refractivity contribution in [2.24, 2.45) is 5.10 Å². The van der Waals surface area contributed by atoms with Gasteiger partial charge >= 0.3 is 0 Å². The maximum atomic E-state index is 12.5. The Morgan fingerprint density at radius 2 is 1.80 bits per heavy atom. The molecule has 8 heteroatoms. The lowest BCUT2D eigenvalue weighted by Crippen LogP contribution is -2.18. The van der Waals surface area contributed by atoms with Gasteiger partial charge in [-0.3, -0.25) is 4.79 Å². The van der Waals surface area contributed by atoms with E-state index in [2.05, 4.69) is 58.3 Å². The molecule has 0 aliphatic heterocycles. The van der Waals surface area contributed by atoms with Crippen LogP contribution in [0.3, 0.4) is 0 Å². The van der Waals surface area contributed by atoms with Crippen molar-refractivity contribution in [1.82, 2.24) is 5.43 Å². The summed E-state index contributed by atoms with van der Waals surface area (Å²) in [4.78, 5) is 12.5. The van der Waals surface area contributed by atoms with Crippen molar-refractivity contribution < 1.29 is 14.3 Å². The van der Waals surface area contributed by atoms with Crippen LogP contribution in [0.25, 0.3) is 0 Å². The molecule has 0 saturated carbocycles. The van der Waals surface area contributed by atoms with Crippen molar-refractivity contribution in [2.45, 2.75) is 6.61 Å². The number of hydrazone groups is 1. The standard InChI is InChI=1S/C22H17Br3N2O3/c1-29-20-8-7-16(23)10-18(20)22(28)27-26-12-15-9-17(24)11-19(25)21(15)30-13-14-5-3-2-4-6-14/h2-12H,13H2,1H3,(H,27,28)/b26-12-. The number of carbonyl (C=O) groups is 1. The number of methoxy groups -OCH3 is 1. The van der Waals surface area contributed by atoms with Crippen molar-refractivity contribution in [2.75, 3.05) is 7.11 Å². The number of hydrogen-bond donors (Lipinski definition) is 1. The molecule has 0 aliphatic rings. The van der Waals surface area contributed by atoms with Crippen LogP contribution in [0.15, 0.2) is 79.2 Å². The maximum Gasteiger partial charge on any atom is 0.275 e. The molecule has 0 saturated heterocycles. The van der Waals surface area contributed by atoms with E-state index in [-0.39, 0.29) is 5.91 Å². The number of nitrogens with zero attached hydrogens (tertiary/aromatic N) is 1. The third-order valence-electron chi connectivity index (χ3n) is 4.04. The van der Waals surface area contributed by atoms with Gasteiger partial charge in [-0.1, -0.05) is 62.2 Å². The lowest BCUT2D eigenvalue weighted by Gasteiger charge is -2.12. The Hall–Kier alpha value is -2.16. The molecular weight excluding hydrogens is 580 g/mol. The summed E-state index contributed by atoms with van der Waals surface area (Å²) < 4.78 is 13.6. The van der Waals surface area contributed by atoms with Crippen LogP contribution >= 0.6 is 47.8 Å². The van der Waals surface area contributed by atoms with Crippen molar-refractivity contribution in [1.29, 1.82) is 0 Å². The second-order valence-electron chi connectivity index (χ2n) is 6.12. The van der Waals surface area contributed by atoms with Crippen LogP contribution in [0, 0.1) is 0 Å². The number of carbonyl (C=O) groups excluding carboxylic acids is 1. The zero-order valence-corrected chi connectivity index (χ0v) is 20.6. The van der Waals surface area contributed by atoms with Gasteiger partial charge in [0.05, 0.1) is 23.4 Å². The van der Waals surface area contributed by atoms with Gasteiger partial charge in [0.25, 0.3) is 5.91 Å². The minimum Gasteiger partial charge on any atom is -0.496 e. The number of hydrogen-bond acceptors (Lipinski definition) is 4. The van der Waals surface area contributed by atoms with E-state index in [9.17, 15) is 4.79 Å². The number of ether oxygens (including phenoxy) is 2. The van der Waals surface area contributed by atoms with E-state index in [4.69, 9.17) is 9.47 Å². The van der Waals surface area contributed by atoms with Gasteiger partial charge in [0, 0.05) is 14.5 Å². The second-order valence-corrected chi connectivity index (χ2v) is 8.81. The molecule has 3 aromatic rings. The zero-order chi connectivity index (χ0) is 21.5. The van der Waals surface area contributed by atoms with Crippen LogP contribution in [-0.4, -0.2) is 19.2 Å². The van der Waals surface area contributed by atoms with E-state index in [1.165, 1.54) is 13.3 Å². The van der Waals surface area contributed by atoms with Crippen molar-refractivity contribution in [3.8, 4) is 11.5 Å². The van der Waals surface area contributed by atoms with E-state index in [1.807, 2.05) is 42.5 Å². The SMILES string of the molecule is COc1ccc(Br)cc1C(=O)N/N=C\c1cc(Br)cc(Br)c1OCc1ccccc1. The first kappa shape index (κ1) is 22.5. The Balaban J connectivity index is 1.78. The van der Waals surface area contributed by atoms with Crippen LogP contribution in [0.2, 0.25) is 0 Å². The summed E-state index contributed by atoms with van der Waals surface area (Å²) >= 11 is 10.4. The van der Waals surface area contributed by atoms with Crippen molar-refractivity contribution in [3.63, 3.8) is 0 Å². The summed E-state index contributed by atoms with van der Waals surface area (Å²) in [5, 5.41) is 4.10. The van der Waals surface area contributed by atoms with Gasteiger partial charge in [-0.25, -0.2) is 5.43 Å². The first-order valence-electron chi connectivity index (χ1n) is 8.80. The Kier molecular flexibility index (Phi) is 8.07. The van der Waals surface area contributed by atoms with Crippen LogP contribution in [0.4, 0.5) is 0 Å². The number of amides is 1. The average Bonchev–Trinajstić information content (AvgIpc) is 2.73. The first-order valence-corrected chi connectivity index (χ1v) is 11.2. The molecule has 0 radical (unpaired) electrons. The highest BCUT2D eigenvalue weighted by Crippen LogP contribution is 2.32. The molecule has 1 amide bonds. The minimum absolute atomic E-state index is 0.375. The Labute approximate surface area is 199 Å². The quantitative estimate of drug-likeness (QED) is 0.256.